The first-order valence-corrected chi connectivity index (χ1v) is 5.48. The van der Waals surface area contributed by atoms with Crippen LogP contribution in [0.1, 0.15) is 26.5 Å². The van der Waals surface area contributed by atoms with E-state index in [4.69, 9.17) is 5.11 Å². The van der Waals surface area contributed by atoms with Gasteiger partial charge in [0.05, 0.1) is 11.1 Å². The van der Waals surface area contributed by atoms with Crippen molar-refractivity contribution < 1.29 is 14.7 Å². The number of carboxylic acids is 1. The first-order chi connectivity index (χ1) is 9.18. The van der Waals surface area contributed by atoms with Gasteiger partial charge in [-0.2, -0.15) is 5.10 Å². The van der Waals surface area contributed by atoms with Crippen LogP contribution in [0.3, 0.4) is 0 Å². The summed E-state index contributed by atoms with van der Waals surface area (Å²) in [5.74, 6) is -0.999. The zero-order valence-electron chi connectivity index (χ0n) is 9.83. The second-order valence-electron chi connectivity index (χ2n) is 3.66. The van der Waals surface area contributed by atoms with E-state index in [-0.39, 0.29) is 11.1 Å². The Bertz CT molecular complexity index is 582. The van der Waals surface area contributed by atoms with Crippen molar-refractivity contribution in [3.8, 4) is 0 Å². The summed E-state index contributed by atoms with van der Waals surface area (Å²) in [6.45, 7) is 0.329. The minimum Gasteiger partial charge on any atom is -0.478 e. The van der Waals surface area contributed by atoms with Crippen LogP contribution in [0.5, 0.6) is 0 Å². The smallest absolute Gasteiger partial charge is 0.338 e. The average molecular weight is 261 g/mol. The van der Waals surface area contributed by atoms with Crippen molar-refractivity contribution in [1.82, 2.24) is 25.5 Å². The molecule has 0 aliphatic rings. The molecule has 0 aliphatic carbocycles. The van der Waals surface area contributed by atoms with Crippen LogP contribution in [0.25, 0.3) is 0 Å². The van der Waals surface area contributed by atoms with Gasteiger partial charge in [0.2, 0.25) is 0 Å². The topological polar surface area (TPSA) is 121 Å². The Kier molecular flexibility index (Phi) is 3.81. The fourth-order valence-electron chi connectivity index (χ4n) is 1.50. The average Bonchev–Trinajstić information content (AvgIpc) is 2.91. The highest BCUT2D eigenvalue weighted by atomic mass is 16.4. The number of carbonyl (C=O) groups is 2. The van der Waals surface area contributed by atoms with Crippen LogP contribution < -0.4 is 5.32 Å². The van der Waals surface area contributed by atoms with E-state index in [2.05, 4.69) is 25.5 Å². The molecule has 2 aromatic heterocycles. The second-order valence-corrected chi connectivity index (χ2v) is 3.66. The Hall–Kier alpha value is -2.77. The third-order valence-electron chi connectivity index (χ3n) is 2.41. The standard InChI is InChI=1S/C11H11N5O3/c17-10(13-4-2-9-14-6-15-16-9)7-1-3-12-5-8(7)11(18)19/h1,3,5-6H,2,4H2,(H,13,17)(H,18,19)(H,14,15,16). The van der Waals surface area contributed by atoms with Crippen molar-refractivity contribution in [3.05, 3.63) is 41.7 Å². The number of aromatic carboxylic acids is 1. The van der Waals surface area contributed by atoms with Gasteiger partial charge >= 0.3 is 5.97 Å². The third kappa shape index (κ3) is 3.12. The summed E-state index contributed by atoms with van der Waals surface area (Å²) in [4.78, 5) is 30.4. The number of nitrogens with zero attached hydrogens (tertiary/aromatic N) is 3. The Labute approximate surface area is 107 Å². The van der Waals surface area contributed by atoms with Crippen molar-refractivity contribution in [1.29, 1.82) is 0 Å². The summed E-state index contributed by atoms with van der Waals surface area (Å²) >= 11 is 0. The number of amides is 1. The predicted octanol–water partition coefficient (Wildman–Crippen LogP) is -0.130. The molecule has 0 fully saturated rings. The van der Waals surface area contributed by atoms with Crippen LogP contribution in [0, 0.1) is 0 Å². The molecule has 0 saturated heterocycles. The lowest BCUT2D eigenvalue weighted by Gasteiger charge is -2.06. The van der Waals surface area contributed by atoms with Crippen molar-refractivity contribution in [2.24, 2.45) is 0 Å². The molecule has 0 aromatic carbocycles. The van der Waals surface area contributed by atoms with E-state index < -0.39 is 11.9 Å². The van der Waals surface area contributed by atoms with Gasteiger partial charge in [-0.3, -0.25) is 14.9 Å². The Morgan fingerprint density at radius 2 is 2.21 bits per heavy atom. The van der Waals surface area contributed by atoms with Crippen LogP contribution >= 0.6 is 0 Å². The van der Waals surface area contributed by atoms with Gasteiger partial charge in [0.1, 0.15) is 12.2 Å². The summed E-state index contributed by atoms with van der Waals surface area (Å²) in [5, 5.41) is 17.9. The number of aromatic nitrogens is 4. The summed E-state index contributed by atoms with van der Waals surface area (Å²) in [5.41, 5.74) is -0.0419. The third-order valence-corrected chi connectivity index (χ3v) is 2.41. The van der Waals surface area contributed by atoms with Crippen LogP contribution in [0.15, 0.2) is 24.8 Å². The summed E-state index contributed by atoms with van der Waals surface area (Å²) < 4.78 is 0. The van der Waals surface area contributed by atoms with E-state index in [1.165, 1.54) is 18.6 Å². The van der Waals surface area contributed by atoms with Crippen molar-refractivity contribution in [3.63, 3.8) is 0 Å². The number of H-pyrrole nitrogens is 1. The highest BCUT2D eigenvalue weighted by Crippen LogP contribution is 2.06. The zero-order chi connectivity index (χ0) is 13.7. The maximum Gasteiger partial charge on any atom is 0.338 e. The summed E-state index contributed by atoms with van der Waals surface area (Å²) in [6.07, 6.45) is 4.38. The molecule has 0 saturated carbocycles. The number of hydrogen-bond acceptors (Lipinski definition) is 5. The molecule has 19 heavy (non-hydrogen) atoms. The normalized spacial score (nSPS) is 10.1. The predicted molar refractivity (Wildman–Crippen MR) is 63.6 cm³/mol. The molecule has 98 valence electrons. The molecular weight excluding hydrogens is 250 g/mol. The van der Waals surface area contributed by atoms with Gasteiger partial charge in [-0.15, -0.1) is 0 Å². The van der Waals surface area contributed by atoms with E-state index >= 15 is 0 Å². The molecule has 2 aromatic rings. The number of hydrogen-bond donors (Lipinski definition) is 3. The molecule has 0 spiro atoms. The van der Waals surface area contributed by atoms with Gasteiger partial charge in [0.15, 0.2) is 0 Å². The molecule has 8 nitrogen and oxygen atoms in total. The first-order valence-electron chi connectivity index (χ1n) is 5.48. The zero-order valence-corrected chi connectivity index (χ0v) is 9.83. The minimum absolute atomic E-state index is 0.0834. The van der Waals surface area contributed by atoms with E-state index in [1.54, 1.807) is 0 Å². The van der Waals surface area contributed by atoms with Crippen molar-refractivity contribution >= 4 is 11.9 Å². The number of carboxylic acid groups (broad SMARTS) is 1. The molecule has 0 unspecified atom stereocenters. The molecule has 2 heterocycles. The molecule has 2 rings (SSSR count). The fraction of sp³-hybridized carbons (Fsp3) is 0.182. The number of rotatable bonds is 5. The first kappa shape index (κ1) is 12.7. The molecule has 0 bridgehead atoms. The van der Waals surface area contributed by atoms with E-state index in [0.29, 0.717) is 18.8 Å². The van der Waals surface area contributed by atoms with E-state index in [0.717, 1.165) is 6.20 Å². The fourth-order valence-corrected chi connectivity index (χ4v) is 1.50. The molecule has 1 amide bonds. The molecule has 0 radical (unpaired) electrons. The number of aromatic amines is 1. The maximum absolute atomic E-state index is 11.8. The number of nitrogens with one attached hydrogen (secondary N) is 2. The molecule has 0 aliphatic heterocycles. The van der Waals surface area contributed by atoms with Gasteiger partial charge in [-0.05, 0) is 6.07 Å². The van der Waals surface area contributed by atoms with Gasteiger partial charge < -0.3 is 10.4 Å². The largest absolute Gasteiger partial charge is 0.478 e. The van der Waals surface area contributed by atoms with Crippen molar-refractivity contribution in [2.75, 3.05) is 6.54 Å². The highest BCUT2D eigenvalue weighted by molar-refractivity contribution is 6.04. The summed E-state index contributed by atoms with van der Waals surface area (Å²) in [6, 6.07) is 1.37. The van der Waals surface area contributed by atoms with Crippen LogP contribution in [0.2, 0.25) is 0 Å². The quantitative estimate of drug-likeness (QED) is 0.689. The van der Waals surface area contributed by atoms with Gasteiger partial charge in [-0.25, -0.2) is 9.78 Å². The number of carbonyl (C=O) groups excluding carboxylic acids is 1. The molecule has 3 N–H and O–H groups in total. The Balaban J connectivity index is 1.98. The lowest BCUT2D eigenvalue weighted by molar-refractivity contribution is 0.0690. The maximum atomic E-state index is 11.8. The van der Waals surface area contributed by atoms with Crippen LogP contribution in [0.4, 0.5) is 0 Å². The Morgan fingerprint density at radius 1 is 1.37 bits per heavy atom. The van der Waals surface area contributed by atoms with E-state index in [1.807, 2.05) is 0 Å². The van der Waals surface area contributed by atoms with Gasteiger partial charge in [-0.1, -0.05) is 0 Å². The molecule has 0 atom stereocenters. The van der Waals surface area contributed by atoms with Crippen LogP contribution in [-0.4, -0.2) is 43.7 Å². The molecular formula is C11H11N5O3. The lowest BCUT2D eigenvalue weighted by Crippen LogP contribution is -2.27. The monoisotopic (exact) mass is 261 g/mol. The van der Waals surface area contributed by atoms with Crippen molar-refractivity contribution in [2.45, 2.75) is 6.42 Å². The summed E-state index contributed by atoms with van der Waals surface area (Å²) in [7, 11) is 0. The van der Waals surface area contributed by atoms with Crippen LogP contribution in [-0.2, 0) is 6.42 Å². The highest BCUT2D eigenvalue weighted by Gasteiger charge is 2.15. The van der Waals surface area contributed by atoms with E-state index in [9.17, 15) is 9.59 Å². The van der Waals surface area contributed by atoms with Gasteiger partial charge in [0.25, 0.3) is 5.91 Å². The SMILES string of the molecule is O=C(O)c1cnccc1C(=O)NCCc1ncn[nH]1. The minimum atomic E-state index is -1.19. The lowest BCUT2D eigenvalue weighted by atomic mass is 10.1. The number of pyridine rings is 1. The molecule has 8 heteroatoms. The van der Waals surface area contributed by atoms with Gasteiger partial charge in [0, 0.05) is 25.4 Å². The Morgan fingerprint density at radius 3 is 2.89 bits per heavy atom. The second kappa shape index (κ2) is 5.71.